The van der Waals surface area contributed by atoms with Crippen molar-refractivity contribution in [1.29, 1.82) is 0 Å². The van der Waals surface area contributed by atoms with Gasteiger partial charge < -0.3 is 15.2 Å². The maximum absolute atomic E-state index is 12.6. The number of aliphatic carboxylic acids is 1. The average molecular weight is 398 g/mol. The van der Waals surface area contributed by atoms with Crippen molar-refractivity contribution in [3.63, 3.8) is 0 Å². The molecule has 0 aliphatic carbocycles. The Hall–Kier alpha value is -1.97. The highest BCUT2D eigenvalue weighted by molar-refractivity contribution is 7.89. The molecule has 27 heavy (non-hydrogen) atoms. The summed E-state index contributed by atoms with van der Waals surface area (Å²) in [6.07, 6.45) is 0.211. The van der Waals surface area contributed by atoms with Crippen molar-refractivity contribution in [2.45, 2.75) is 50.5 Å². The minimum absolute atomic E-state index is 0.118. The molecule has 0 unspecified atom stereocenters. The molecule has 1 aromatic rings. The van der Waals surface area contributed by atoms with Gasteiger partial charge >= 0.3 is 5.97 Å². The second-order valence-electron chi connectivity index (χ2n) is 6.92. The minimum atomic E-state index is -3.77. The first kappa shape index (κ1) is 21.3. The second kappa shape index (κ2) is 8.37. The molecule has 0 saturated carbocycles. The van der Waals surface area contributed by atoms with Crippen LogP contribution in [-0.2, 0) is 24.3 Å². The normalized spacial score (nSPS) is 16.7. The molecule has 1 amide bonds. The van der Waals surface area contributed by atoms with E-state index < -0.39 is 27.4 Å². The Morgan fingerprint density at radius 1 is 1.15 bits per heavy atom. The Bertz CT molecular complexity index is 805. The number of carboxylic acid groups (broad SMARTS) is 1. The molecule has 1 aliphatic heterocycles. The number of amides is 1. The zero-order valence-electron chi connectivity index (χ0n) is 15.8. The van der Waals surface area contributed by atoms with Crippen molar-refractivity contribution in [3.8, 4) is 0 Å². The van der Waals surface area contributed by atoms with Crippen LogP contribution >= 0.6 is 0 Å². The largest absolute Gasteiger partial charge is 0.480 e. The predicted octanol–water partition coefficient (Wildman–Crippen LogP) is 1.03. The fraction of sp³-hybridized carbons (Fsp3) is 0.556. The summed E-state index contributed by atoms with van der Waals surface area (Å²) in [7, 11) is -3.77. The van der Waals surface area contributed by atoms with Gasteiger partial charge in [-0.1, -0.05) is 17.7 Å². The van der Waals surface area contributed by atoms with Gasteiger partial charge in [-0.15, -0.1) is 0 Å². The van der Waals surface area contributed by atoms with Gasteiger partial charge in [0.2, 0.25) is 15.9 Å². The van der Waals surface area contributed by atoms with Crippen molar-refractivity contribution in [2.24, 2.45) is 0 Å². The van der Waals surface area contributed by atoms with Crippen LogP contribution in [0.1, 0.15) is 36.0 Å². The van der Waals surface area contributed by atoms with Gasteiger partial charge in [-0.3, -0.25) is 4.79 Å². The van der Waals surface area contributed by atoms with Crippen LogP contribution in [0.5, 0.6) is 0 Å². The van der Waals surface area contributed by atoms with Crippen molar-refractivity contribution in [2.75, 3.05) is 19.8 Å². The number of sulfonamides is 1. The number of aryl methyl sites for hydroxylation is 3. The van der Waals surface area contributed by atoms with Crippen LogP contribution in [0, 0.1) is 20.8 Å². The predicted molar refractivity (Wildman–Crippen MR) is 99.0 cm³/mol. The Morgan fingerprint density at radius 2 is 1.70 bits per heavy atom. The topological polar surface area (TPSA) is 122 Å². The fourth-order valence-corrected chi connectivity index (χ4v) is 4.88. The van der Waals surface area contributed by atoms with Crippen LogP contribution in [0.15, 0.2) is 17.0 Å². The fourth-order valence-electron chi connectivity index (χ4n) is 3.40. The molecule has 2 rings (SSSR count). The molecule has 8 nitrogen and oxygen atoms in total. The molecular weight excluding hydrogens is 372 g/mol. The first-order chi connectivity index (χ1) is 12.6. The highest BCUT2D eigenvalue weighted by Crippen LogP contribution is 2.22. The van der Waals surface area contributed by atoms with E-state index in [9.17, 15) is 23.1 Å². The molecule has 0 radical (unpaired) electrons. The van der Waals surface area contributed by atoms with E-state index in [4.69, 9.17) is 4.74 Å². The molecular formula is C18H26N2O6S. The molecule has 0 atom stereocenters. The van der Waals surface area contributed by atoms with Crippen LogP contribution in [0.4, 0.5) is 0 Å². The summed E-state index contributed by atoms with van der Waals surface area (Å²) in [6, 6.07) is 3.58. The highest BCUT2D eigenvalue weighted by atomic mass is 32.2. The number of rotatable bonds is 7. The molecule has 1 aromatic carbocycles. The SMILES string of the molecule is Cc1cc(C)c(S(=O)(=O)NCCC(=O)NC2(C(=O)O)CCOCC2)c(C)c1. The van der Waals surface area contributed by atoms with E-state index in [0.717, 1.165) is 5.56 Å². The van der Waals surface area contributed by atoms with Crippen molar-refractivity contribution >= 4 is 21.9 Å². The third kappa shape index (κ3) is 5.06. The number of hydrogen-bond acceptors (Lipinski definition) is 5. The van der Waals surface area contributed by atoms with E-state index in [1.807, 2.05) is 6.92 Å². The molecule has 0 bridgehead atoms. The van der Waals surface area contributed by atoms with E-state index in [1.165, 1.54) is 0 Å². The van der Waals surface area contributed by atoms with Crippen molar-refractivity contribution in [1.82, 2.24) is 10.0 Å². The summed E-state index contributed by atoms with van der Waals surface area (Å²) in [4.78, 5) is 23.9. The Balaban J connectivity index is 1.99. The summed E-state index contributed by atoms with van der Waals surface area (Å²) < 4.78 is 32.7. The molecule has 0 aromatic heterocycles. The first-order valence-corrected chi connectivity index (χ1v) is 10.3. The number of carbonyl (C=O) groups excluding carboxylic acids is 1. The number of carbonyl (C=O) groups is 2. The molecule has 1 saturated heterocycles. The molecule has 1 fully saturated rings. The number of benzene rings is 1. The summed E-state index contributed by atoms with van der Waals surface area (Å²) in [6.45, 7) is 5.73. The number of carboxylic acids is 1. The lowest BCUT2D eigenvalue weighted by Gasteiger charge is -2.33. The van der Waals surface area contributed by atoms with Gasteiger partial charge in [-0.25, -0.2) is 17.9 Å². The van der Waals surface area contributed by atoms with E-state index in [2.05, 4.69) is 10.0 Å². The van der Waals surface area contributed by atoms with Gasteiger partial charge in [0.25, 0.3) is 0 Å². The maximum atomic E-state index is 12.6. The molecule has 3 N–H and O–H groups in total. The Morgan fingerprint density at radius 3 is 2.22 bits per heavy atom. The molecule has 9 heteroatoms. The van der Waals surface area contributed by atoms with Crippen molar-refractivity contribution in [3.05, 3.63) is 28.8 Å². The molecule has 1 heterocycles. The third-order valence-corrected chi connectivity index (χ3v) is 6.42. The summed E-state index contributed by atoms with van der Waals surface area (Å²) in [5.74, 6) is -1.62. The third-order valence-electron chi connectivity index (χ3n) is 4.65. The van der Waals surface area contributed by atoms with Gasteiger partial charge in [-0.05, 0) is 31.9 Å². The van der Waals surface area contributed by atoms with E-state index in [0.29, 0.717) is 11.1 Å². The highest BCUT2D eigenvalue weighted by Gasteiger charge is 2.41. The van der Waals surface area contributed by atoms with Crippen LogP contribution in [0.2, 0.25) is 0 Å². The number of ether oxygens (including phenoxy) is 1. The van der Waals surface area contributed by atoms with E-state index in [-0.39, 0.29) is 43.9 Å². The van der Waals surface area contributed by atoms with Crippen LogP contribution in [-0.4, -0.2) is 50.7 Å². The maximum Gasteiger partial charge on any atom is 0.329 e. The number of nitrogens with one attached hydrogen (secondary N) is 2. The lowest BCUT2D eigenvalue weighted by molar-refractivity contribution is -0.152. The van der Waals surface area contributed by atoms with Gasteiger partial charge in [-0.2, -0.15) is 0 Å². The van der Waals surface area contributed by atoms with Crippen molar-refractivity contribution < 1.29 is 27.9 Å². The monoisotopic (exact) mass is 398 g/mol. The Kier molecular flexibility index (Phi) is 6.61. The van der Waals surface area contributed by atoms with Gasteiger partial charge in [0.15, 0.2) is 0 Å². The van der Waals surface area contributed by atoms with Gasteiger partial charge in [0.1, 0.15) is 5.54 Å². The molecule has 1 aliphatic rings. The van der Waals surface area contributed by atoms with Gasteiger partial charge in [0.05, 0.1) is 4.90 Å². The van der Waals surface area contributed by atoms with Crippen LogP contribution < -0.4 is 10.0 Å². The zero-order chi connectivity index (χ0) is 20.2. The smallest absolute Gasteiger partial charge is 0.329 e. The standard InChI is InChI=1S/C18H26N2O6S/c1-12-10-13(2)16(14(3)11-12)27(24,25)19-7-4-15(21)20-18(17(22)23)5-8-26-9-6-18/h10-11,19H,4-9H2,1-3H3,(H,20,21)(H,22,23). The van der Waals surface area contributed by atoms with Gasteiger partial charge in [0, 0.05) is 39.0 Å². The summed E-state index contributed by atoms with van der Waals surface area (Å²) in [5.41, 5.74) is 0.893. The zero-order valence-corrected chi connectivity index (χ0v) is 16.6. The molecule has 150 valence electrons. The quantitative estimate of drug-likeness (QED) is 0.631. The lowest BCUT2D eigenvalue weighted by atomic mass is 9.90. The number of hydrogen-bond donors (Lipinski definition) is 3. The minimum Gasteiger partial charge on any atom is -0.480 e. The Labute approximate surface area is 159 Å². The van der Waals surface area contributed by atoms with Crippen LogP contribution in [0.25, 0.3) is 0 Å². The first-order valence-electron chi connectivity index (χ1n) is 8.77. The average Bonchev–Trinajstić information content (AvgIpc) is 2.53. The second-order valence-corrected chi connectivity index (χ2v) is 8.63. The molecule has 0 spiro atoms. The summed E-state index contributed by atoms with van der Waals surface area (Å²) >= 11 is 0. The lowest BCUT2D eigenvalue weighted by Crippen LogP contribution is -2.57. The van der Waals surface area contributed by atoms with Crippen LogP contribution in [0.3, 0.4) is 0 Å². The van der Waals surface area contributed by atoms with E-state index in [1.54, 1.807) is 26.0 Å². The van der Waals surface area contributed by atoms with E-state index >= 15 is 0 Å². The summed E-state index contributed by atoms with van der Waals surface area (Å²) in [5, 5.41) is 12.0.